The molecule has 0 aliphatic heterocycles. The van der Waals surface area contributed by atoms with Crippen molar-refractivity contribution in [1.29, 1.82) is 0 Å². The molecular formula is C10H8BrF3O. The highest BCUT2D eigenvalue weighted by atomic mass is 79.9. The predicted octanol–water partition coefficient (Wildman–Crippen LogP) is 3.73. The second-order valence-corrected chi connectivity index (χ2v) is 4.01. The molecule has 0 heterocycles. The number of hydrogen-bond acceptors (Lipinski definition) is 1. The van der Waals surface area contributed by atoms with Crippen LogP contribution in [0.3, 0.4) is 0 Å². The van der Waals surface area contributed by atoms with Gasteiger partial charge in [0.25, 0.3) is 0 Å². The SMILES string of the molecule is CC(=O)C(Br)c1ccc(C(F)(F)F)cc1. The van der Waals surface area contributed by atoms with Gasteiger partial charge in [0.2, 0.25) is 0 Å². The lowest BCUT2D eigenvalue weighted by atomic mass is 10.1. The fourth-order valence-electron chi connectivity index (χ4n) is 1.08. The molecule has 15 heavy (non-hydrogen) atoms. The molecule has 0 radical (unpaired) electrons. The Bertz CT molecular complexity index is 356. The van der Waals surface area contributed by atoms with Crippen molar-refractivity contribution in [1.82, 2.24) is 0 Å². The van der Waals surface area contributed by atoms with Crippen LogP contribution in [0, 0.1) is 0 Å². The highest BCUT2D eigenvalue weighted by Gasteiger charge is 2.30. The minimum atomic E-state index is -4.34. The molecule has 1 rings (SSSR count). The van der Waals surface area contributed by atoms with Crippen LogP contribution in [-0.4, -0.2) is 5.78 Å². The van der Waals surface area contributed by atoms with Crippen molar-refractivity contribution in [3.63, 3.8) is 0 Å². The summed E-state index contributed by atoms with van der Waals surface area (Å²) < 4.78 is 36.6. The summed E-state index contributed by atoms with van der Waals surface area (Å²) in [5, 5.41) is 0. The number of Topliss-reactive ketones (excluding diaryl/α,β-unsaturated/α-hetero) is 1. The van der Waals surface area contributed by atoms with E-state index in [1.807, 2.05) is 0 Å². The van der Waals surface area contributed by atoms with Crippen LogP contribution in [0.5, 0.6) is 0 Å². The zero-order chi connectivity index (χ0) is 11.6. The van der Waals surface area contributed by atoms with E-state index in [4.69, 9.17) is 0 Å². The van der Waals surface area contributed by atoms with Gasteiger partial charge in [-0.1, -0.05) is 28.1 Å². The lowest BCUT2D eigenvalue weighted by Gasteiger charge is -2.09. The molecule has 5 heteroatoms. The van der Waals surface area contributed by atoms with Crippen molar-refractivity contribution in [2.45, 2.75) is 17.9 Å². The van der Waals surface area contributed by atoms with Crippen LogP contribution in [-0.2, 0) is 11.0 Å². The largest absolute Gasteiger partial charge is 0.416 e. The monoisotopic (exact) mass is 280 g/mol. The molecule has 1 nitrogen and oxygen atoms in total. The van der Waals surface area contributed by atoms with Gasteiger partial charge in [0.15, 0.2) is 0 Å². The molecule has 0 saturated carbocycles. The predicted molar refractivity (Wildman–Crippen MR) is 53.8 cm³/mol. The average molecular weight is 281 g/mol. The summed E-state index contributed by atoms with van der Waals surface area (Å²) in [6.07, 6.45) is -4.34. The Balaban J connectivity index is 2.95. The topological polar surface area (TPSA) is 17.1 Å². The second kappa shape index (κ2) is 4.35. The number of carbonyl (C=O) groups is 1. The van der Waals surface area contributed by atoms with E-state index in [-0.39, 0.29) is 5.78 Å². The van der Waals surface area contributed by atoms with E-state index in [9.17, 15) is 18.0 Å². The number of rotatable bonds is 2. The van der Waals surface area contributed by atoms with E-state index in [1.54, 1.807) is 0 Å². The third kappa shape index (κ3) is 3.06. The molecule has 0 N–H and O–H groups in total. The number of benzene rings is 1. The van der Waals surface area contributed by atoms with Crippen LogP contribution in [0.1, 0.15) is 22.9 Å². The van der Waals surface area contributed by atoms with Crippen molar-refractivity contribution < 1.29 is 18.0 Å². The van der Waals surface area contributed by atoms with Crippen LogP contribution in [0.15, 0.2) is 24.3 Å². The Morgan fingerprint density at radius 2 is 1.73 bits per heavy atom. The van der Waals surface area contributed by atoms with Crippen LogP contribution in [0.25, 0.3) is 0 Å². The van der Waals surface area contributed by atoms with Gasteiger partial charge < -0.3 is 0 Å². The molecule has 0 bridgehead atoms. The maximum atomic E-state index is 12.2. The van der Waals surface area contributed by atoms with Crippen molar-refractivity contribution in [3.05, 3.63) is 35.4 Å². The lowest BCUT2D eigenvalue weighted by molar-refractivity contribution is -0.137. The smallest absolute Gasteiger partial charge is 0.298 e. The highest BCUT2D eigenvalue weighted by Crippen LogP contribution is 2.31. The number of ketones is 1. The first-order valence-corrected chi connectivity index (χ1v) is 5.05. The minimum Gasteiger partial charge on any atom is -0.298 e. The minimum absolute atomic E-state index is 0.144. The van der Waals surface area contributed by atoms with Gasteiger partial charge in [-0.15, -0.1) is 0 Å². The molecule has 0 spiro atoms. The Kier molecular flexibility index (Phi) is 3.54. The standard InChI is InChI=1S/C10H8BrF3O/c1-6(15)9(11)7-2-4-8(5-3-7)10(12,13)14/h2-5,9H,1H3. The first-order valence-electron chi connectivity index (χ1n) is 4.14. The Morgan fingerprint density at radius 1 is 1.27 bits per heavy atom. The molecule has 0 amide bonds. The van der Waals surface area contributed by atoms with E-state index in [0.717, 1.165) is 12.1 Å². The Morgan fingerprint density at radius 3 is 2.07 bits per heavy atom. The van der Waals surface area contributed by atoms with Gasteiger partial charge in [-0.2, -0.15) is 13.2 Å². The summed E-state index contributed by atoms with van der Waals surface area (Å²) in [6, 6.07) is 4.52. The van der Waals surface area contributed by atoms with E-state index >= 15 is 0 Å². The van der Waals surface area contributed by atoms with Crippen LogP contribution in [0.2, 0.25) is 0 Å². The van der Waals surface area contributed by atoms with Crippen molar-refractivity contribution >= 4 is 21.7 Å². The van der Waals surface area contributed by atoms with E-state index in [0.29, 0.717) is 5.56 Å². The summed E-state index contributed by atoms with van der Waals surface area (Å²) in [6.45, 7) is 1.37. The molecule has 0 aliphatic carbocycles. The van der Waals surface area contributed by atoms with Crippen LogP contribution >= 0.6 is 15.9 Å². The zero-order valence-electron chi connectivity index (χ0n) is 7.81. The number of carbonyl (C=O) groups excluding carboxylic acids is 1. The zero-order valence-corrected chi connectivity index (χ0v) is 9.39. The van der Waals surface area contributed by atoms with Crippen molar-refractivity contribution in [3.8, 4) is 0 Å². The molecule has 1 aromatic carbocycles. The molecule has 1 aromatic rings. The fraction of sp³-hybridized carbons (Fsp3) is 0.300. The van der Waals surface area contributed by atoms with Gasteiger partial charge in [-0.3, -0.25) is 4.79 Å². The molecule has 1 atom stereocenters. The molecule has 0 fully saturated rings. The summed E-state index contributed by atoms with van der Waals surface area (Å²) in [5.41, 5.74) is -0.190. The third-order valence-electron chi connectivity index (χ3n) is 1.89. The van der Waals surface area contributed by atoms with Gasteiger partial charge in [-0.25, -0.2) is 0 Å². The Labute approximate surface area is 93.4 Å². The fourth-order valence-corrected chi connectivity index (χ4v) is 1.38. The highest BCUT2D eigenvalue weighted by molar-refractivity contribution is 9.09. The summed E-state index contributed by atoms with van der Waals surface area (Å²) in [5.74, 6) is -0.144. The number of hydrogen-bond donors (Lipinski definition) is 0. The van der Waals surface area contributed by atoms with Crippen LogP contribution in [0.4, 0.5) is 13.2 Å². The molecule has 1 unspecified atom stereocenters. The summed E-state index contributed by atoms with van der Waals surface area (Å²) in [4.78, 5) is 10.4. The van der Waals surface area contributed by atoms with Crippen LogP contribution < -0.4 is 0 Å². The maximum Gasteiger partial charge on any atom is 0.416 e. The lowest BCUT2D eigenvalue weighted by Crippen LogP contribution is -2.06. The average Bonchev–Trinajstić information content (AvgIpc) is 2.15. The van der Waals surface area contributed by atoms with Gasteiger partial charge in [0.05, 0.1) is 10.4 Å². The van der Waals surface area contributed by atoms with Gasteiger partial charge in [0, 0.05) is 0 Å². The van der Waals surface area contributed by atoms with Crippen molar-refractivity contribution in [2.24, 2.45) is 0 Å². The molecule has 82 valence electrons. The third-order valence-corrected chi connectivity index (χ3v) is 3.06. The number of halogens is 4. The van der Waals surface area contributed by atoms with E-state index < -0.39 is 16.6 Å². The Hall–Kier alpha value is -0.840. The normalized spacial score (nSPS) is 13.7. The molecule has 0 aliphatic rings. The van der Waals surface area contributed by atoms with Gasteiger partial charge in [0.1, 0.15) is 5.78 Å². The first-order chi connectivity index (χ1) is 6.82. The molecule has 0 saturated heterocycles. The molecule has 0 aromatic heterocycles. The second-order valence-electron chi connectivity index (χ2n) is 3.09. The molecular weight excluding hydrogens is 273 g/mol. The summed E-state index contributed by atoms with van der Waals surface area (Å²) >= 11 is 3.09. The summed E-state index contributed by atoms with van der Waals surface area (Å²) in [7, 11) is 0. The quantitative estimate of drug-likeness (QED) is 0.755. The maximum absolute atomic E-state index is 12.2. The van der Waals surface area contributed by atoms with E-state index in [1.165, 1.54) is 19.1 Å². The van der Waals surface area contributed by atoms with Gasteiger partial charge >= 0.3 is 6.18 Å². The number of alkyl halides is 4. The van der Waals surface area contributed by atoms with Gasteiger partial charge in [-0.05, 0) is 24.6 Å². The van der Waals surface area contributed by atoms with Crippen molar-refractivity contribution in [2.75, 3.05) is 0 Å². The van der Waals surface area contributed by atoms with E-state index in [2.05, 4.69) is 15.9 Å². The first kappa shape index (κ1) is 12.2.